The second kappa shape index (κ2) is 7.72. The van der Waals surface area contributed by atoms with Crippen LogP contribution in [0.15, 0.2) is 0 Å². The number of rotatable bonds is 3. The molecular weight excluding hydrogens is 332 g/mol. The topological polar surface area (TPSA) is 77.9 Å². The number of likely N-dealkylation sites (tertiary alicyclic amines) is 2. The standard InChI is InChI=1S/C17H26N2O4.ClH/c1-11-2-4-14(5-3-11)19-10-13(8-15(19)20)16(21)18-7-6-12(9-18)17(22)23;/h11-14H,2-10H2,1H3,(H,22,23);1H. The van der Waals surface area contributed by atoms with Crippen LogP contribution in [-0.2, 0) is 14.4 Å². The minimum atomic E-state index is -0.833. The van der Waals surface area contributed by atoms with Crippen molar-refractivity contribution in [3.8, 4) is 0 Å². The first-order valence-electron chi connectivity index (χ1n) is 8.76. The van der Waals surface area contributed by atoms with Crippen LogP contribution in [0, 0.1) is 17.8 Å². The molecule has 2 unspecified atom stereocenters. The van der Waals surface area contributed by atoms with Gasteiger partial charge < -0.3 is 14.9 Å². The Balaban J connectivity index is 0.00000208. The van der Waals surface area contributed by atoms with Gasteiger partial charge in [-0.15, -0.1) is 12.4 Å². The van der Waals surface area contributed by atoms with Crippen LogP contribution < -0.4 is 0 Å². The summed E-state index contributed by atoms with van der Waals surface area (Å²) in [5.41, 5.74) is 0. The predicted molar refractivity (Wildman–Crippen MR) is 90.8 cm³/mol. The summed E-state index contributed by atoms with van der Waals surface area (Å²) >= 11 is 0. The minimum absolute atomic E-state index is 0. The van der Waals surface area contributed by atoms with Crippen LogP contribution in [0.25, 0.3) is 0 Å². The maximum atomic E-state index is 12.6. The molecule has 3 rings (SSSR count). The molecule has 136 valence electrons. The summed E-state index contributed by atoms with van der Waals surface area (Å²) in [7, 11) is 0. The molecule has 2 heterocycles. The predicted octanol–water partition coefficient (Wildman–Crippen LogP) is 1.77. The molecule has 0 radical (unpaired) electrons. The fourth-order valence-corrected chi connectivity index (χ4v) is 4.22. The first-order chi connectivity index (χ1) is 11.0. The monoisotopic (exact) mass is 358 g/mol. The lowest BCUT2D eigenvalue weighted by Crippen LogP contribution is -2.40. The summed E-state index contributed by atoms with van der Waals surface area (Å²) in [6, 6.07) is 0.293. The Morgan fingerprint density at radius 2 is 1.71 bits per heavy atom. The third-order valence-electron chi connectivity index (χ3n) is 5.78. The Bertz CT molecular complexity index is 505. The van der Waals surface area contributed by atoms with Gasteiger partial charge in [0, 0.05) is 32.1 Å². The molecule has 7 heteroatoms. The minimum Gasteiger partial charge on any atom is -0.481 e. The molecule has 6 nitrogen and oxygen atoms in total. The largest absolute Gasteiger partial charge is 0.481 e. The molecule has 24 heavy (non-hydrogen) atoms. The molecule has 2 saturated heterocycles. The lowest BCUT2D eigenvalue weighted by molar-refractivity contribution is -0.141. The van der Waals surface area contributed by atoms with Gasteiger partial charge in [-0.2, -0.15) is 0 Å². The van der Waals surface area contributed by atoms with Crippen LogP contribution in [0.5, 0.6) is 0 Å². The lowest BCUT2D eigenvalue weighted by Gasteiger charge is -2.33. The smallest absolute Gasteiger partial charge is 0.308 e. The maximum absolute atomic E-state index is 12.6. The van der Waals surface area contributed by atoms with E-state index in [2.05, 4.69) is 6.92 Å². The van der Waals surface area contributed by atoms with Crippen LogP contribution in [-0.4, -0.2) is 58.4 Å². The van der Waals surface area contributed by atoms with Gasteiger partial charge in [-0.25, -0.2) is 0 Å². The number of nitrogens with zero attached hydrogens (tertiary/aromatic N) is 2. The van der Waals surface area contributed by atoms with Crippen molar-refractivity contribution in [2.45, 2.75) is 51.5 Å². The molecule has 3 aliphatic rings. The summed E-state index contributed by atoms with van der Waals surface area (Å²) < 4.78 is 0. The number of carbonyl (C=O) groups is 3. The zero-order chi connectivity index (χ0) is 16.6. The summed E-state index contributed by atoms with van der Waals surface area (Å²) in [6.07, 6.45) is 5.20. The average molecular weight is 359 g/mol. The quantitative estimate of drug-likeness (QED) is 0.834. The molecular formula is C17H27ClN2O4. The molecule has 3 fully saturated rings. The van der Waals surface area contributed by atoms with Crippen LogP contribution in [0.2, 0.25) is 0 Å². The van der Waals surface area contributed by atoms with E-state index < -0.39 is 11.9 Å². The number of hydrogen-bond donors (Lipinski definition) is 1. The maximum Gasteiger partial charge on any atom is 0.308 e. The molecule has 1 aliphatic carbocycles. The summed E-state index contributed by atoms with van der Waals surface area (Å²) in [5, 5.41) is 9.05. The molecule has 0 aromatic carbocycles. The zero-order valence-corrected chi connectivity index (χ0v) is 15.0. The van der Waals surface area contributed by atoms with Crippen molar-refractivity contribution in [1.29, 1.82) is 0 Å². The van der Waals surface area contributed by atoms with Crippen molar-refractivity contribution in [3.63, 3.8) is 0 Å². The van der Waals surface area contributed by atoms with Gasteiger partial charge in [0.15, 0.2) is 0 Å². The van der Waals surface area contributed by atoms with Crippen molar-refractivity contribution in [2.75, 3.05) is 19.6 Å². The highest BCUT2D eigenvalue weighted by Gasteiger charge is 2.42. The second-order valence-electron chi connectivity index (χ2n) is 7.47. The molecule has 2 atom stereocenters. The van der Waals surface area contributed by atoms with Gasteiger partial charge in [-0.05, 0) is 38.0 Å². The van der Waals surface area contributed by atoms with Crippen LogP contribution in [0.1, 0.15) is 45.4 Å². The van der Waals surface area contributed by atoms with Gasteiger partial charge in [0.25, 0.3) is 0 Å². The number of carbonyl (C=O) groups excluding carboxylic acids is 2. The first kappa shape index (κ1) is 19.0. The van der Waals surface area contributed by atoms with Crippen molar-refractivity contribution in [3.05, 3.63) is 0 Å². The number of aliphatic carboxylic acids is 1. The number of carboxylic acids is 1. The second-order valence-corrected chi connectivity index (χ2v) is 7.47. The van der Waals surface area contributed by atoms with E-state index >= 15 is 0 Å². The van der Waals surface area contributed by atoms with Gasteiger partial charge >= 0.3 is 5.97 Å². The Labute approximate surface area is 149 Å². The molecule has 0 bridgehead atoms. The van der Waals surface area contributed by atoms with E-state index in [4.69, 9.17) is 5.11 Å². The van der Waals surface area contributed by atoms with E-state index in [0.717, 1.165) is 31.6 Å². The molecule has 1 N–H and O–H groups in total. The highest BCUT2D eigenvalue weighted by atomic mass is 35.5. The van der Waals surface area contributed by atoms with Gasteiger partial charge in [0.1, 0.15) is 0 Å². The van der Waals surface area contributed by atoms with E-state index in [1.165, 1.54) is 0 Å². The van der Waals surface area contributed by atoms with Crippen molar-refractivity contribution in [2.24, 2.45) is 17.8 Å². The Morgan fingerprint density at radius 1 is 1.04 bits per heavy atom. The highest BCUT2D eigenvalue weighted by Crippen LogP contribution is 2.32. The first-order valence-corrected chi connectivity index (χ1v) is 8.76. The Hall–Kier alpha value is -1.30. The van der Waals surface area contributed by atoms with Crippen molar-refractivity contribution < 1.29 is 19.5 Å². The number of amides is 2. The van der Waals surface area contributed by atoms with E-state index in [1.807, 2.05) is 4.90 Å². The van der Waals surface area contributed by atoms with E-state index in [-0.39, 0.29) is 30.1 Å². The fraction of sp³-hybridized carbons (Fsp3) is 0.824. The summed E-state index contributed by atoms with van der Waals surface area (Å²) in [5.74, 6) is -0.772. The average Bonchev–Trinajstić information content (AvgIpc) is 3.14. The highest BCUT2D eigenvalue weighted by molar-refractivity contribution is 5.90. The molecule has 0 spiro atoms. The lowest BCUT2D eigenvalue weighted by atomic mass is 9.86. The fourth-order valence-electron chi connectivity index (χ4n) is 4.22. The van der Waals surface area contributed by atoms with Crippen LogP contribution in [0.3, 0.4) is 0 Å². The molecule has 2 aliphatic heterocycles. The van der Waals surface area contributed by atoms with Crippen molar-refractivity contribution >= 4 is 30.2 Å². The van der Waals surface area contributed by atoms with E-state index in [1.54, 1.807) is 4.90 Å². The normalized spacial score (nSPS) is 33.5. The molecule has 1 saturated carbocycles. The van der Waals surface area contributed by atoms with Gasteiger partial charge in [-0.3, -0.25) is 14.4 Å². The van der Waals surface area contributed by atoms with Crippen LogP contribution in [0.4, 0.5) is 0 Å². The molecule has 0 aromatic heterocycles. The number of carboxylic acid groups (broad SMARTS) is 1. The number of halogens is 1. The third kappa shape index (κ3) is 3.85. The third-order valence-corrected chi connectivity index (χ3v) is 5.78. The van der Waals surface area contributed by atoms with Gasteiger partial charge in [-0.1, -0.05) is 6.92 Å². The van der Waals surface area contributed by atoms with Crippen LogP contribution >= 0.6 is 12.4 Å². The van der Waals surface area contributed by atoms with Gasteiger partial charge in [0.05, 0.1) is 11.8 Å². The summed E-state index contributed by atoms with van der Waals surface area (Å²) in [6.45, 7) is 3.56. The zero-order valence-electron chi connectivity index (χ0n) is 14.1. The Kier molecular flexibility index (Phi) is 6.12. The number of hydrogen-bond acceptors (Lipinski definition) is 3. The van der Waals surface area contributed by atoms with E-state index in [0.29, 0.717) is 38.5 Å². The van der Waals surface area contributed by atoms with Gasteiger partial charge in [0.2, 0.25) is 11.8 Å². The van der Waals surface area contributed by atoms with E-state index in [9.17, 15) is 14.4 Å². The molecule has 2 amide bonds. The molecule has 0 aromatic rings. The van der Waals surface area contributed by atoms with Crippen molar-refractivity contribution in [1.82, 2.24) is 9.80 Å². The Morgan fingerprint density at radius 3 is 2.29 bits per heavy atom. The summed E-state index contributed by atoms with van der Waals surface area (Å²) in [4.78, 5) is 39.5. The SMILES string of the molecule is CC1CCC(N2CC(C(=O)N3CCC(C(=O)O)C3)CC2=O)CC1.Cl.